The van der Waals surface area contributed by atoms with E-state index in [2.05, 4.69) is 0 Å². The number of fused-ring (bicyclic) bond motifs is 1. The summed E-state index contributed by atoms with van der Waals surface area (Å²) in [6.45, 7) is 2.80. The SMILES string of the molecule is CC(Cc1ccccc1)C(=O)N1CCOC2CS(=O)(=O)CC21. The molecule has 1 aromatic rings. The lowest BCUT2D eigenvalue weighted by Gasteiger charge is -2.38. The van der Waals surface area contributed by atoms with E-state index in [0.717, 1.165) is 5.56 Å². The maximum Gasteiger partial charge on any atom is 0.226 e. The van der Waals surface area contributed by atoms with Crippen LogP contribution in [0.2, 0.25) is 0 Å². The number of carbonyl (C=O) groups is 1. The van der Waals surface area contributed by atoms with Crippen LogP contribution in [0.25, 0.3) is 0 Å². The Bertz CT molecular complexity index is 643. The Morgan fingerprint density at radius 3 is 2.77 bits per heavy atom. The van der Waals surface area contributed by atoms with Crippen molar-refractivity contribution in [3.05, 3.63) is 35.9 Å². The number of morpholine rings is 1. The maximum atomic E-state index is 12.7. The zero-order chi connectivity index (χ0) is 15.7. The lowest BCUT2D eigenvalue weighted by atomic mass is 9.98. The van der Waals surface area contributed by atoms with Gasteiger partial charge >= 0.3 is 0 Å². The Kier molecular flexibility index (Phi) is 4.23. The number of sulfone groups is 1. The quantitative estimate of drug-likeness (QED) is 0.829. The fourth-order valence-corrected chi connectivity index (χ4v) is 5.20. The zero-order valence-electron chi connectivity index (χ0n) is 12.6. The highest BCUT2D eigenvalue weighted by Gasteiger charge is 2.46. The van der Waals surface area contributed by atoms with Crippen molar-refractivity contribution in [2.45, 2.75) is 25.5 Å². The Labute approximate surface area is 131 Å². The van der Waals surface area contributed by atoms with Gasteiger partial charge in [0, 0.05) is 12.5 Å². The standard InChI is InChI=1S/C16H21NO4S/c1-12(9-13-5-3-2-4-6-13)16(18)17-7-8-21-15-11-22(19,20)10-14(15)17/h2-6,12,14-15H,7-11H2,1H3. The Balaban J connectivity index is 1.71. The van der Waals surface area contributed by atoms with Gasteiger partial charge in [-0.1, -0.05) is 37.3 Å². The molecule has 0 saturated carbocycles. The van der Waals surface area contributed by atoms with Gasteiger partial charge in [-0.2, -0.15) is 0 Å². The van der Waals surface area contributed by atoms with Crippen LogP contribution in [0, 0.1) is 5.92 Å². The summed E-state index contributed by atoms with van der Waals surface area (Å²) >= 11 is 0. The molecule has 2 fully saturated rings. The average molecular weight is 323 g/mol. The van der Waals surface area contributed by atoms with Crippen molar-refractivity contribution in [3.63, 3.8) is 0 Å². The average Bonchev–Trinajstić information content (AvgIpc) is 2.81. The van der Waals surface area contributed by atoms with E-state index in [1.54, 1.807) is 4.90 Å². The monoisotopic (exact) mass is 323 g/mol. The van der Waals surface area contributed by atoms with Crippen LogP contribution >= 0.6 is 0 Å². The van der Waals surface area contributed by atoms with E-state index in [4.69, 9.17) is 4.74 Å². The first kappa shape index (κ1) is 15.5. The summed E-state index contributed by atoms with van der Waals surface area (Å²) in [7, 11) is -3.10. The molecule has 2 saturated heterocycles. The molecule has 0 N–H and O–H groups in total. The number of nitrogens with zero attached hydrogens (tertiary/aromatic N) is 1. The van der Waals surface area contributed by atoms with E-state index in [0.29, 0.717) is 19.6 Å². The summed E-state index contributed by atoms with van der Waals surface area (Å²) in [4.78, 5) is 14.5. The van der Waals surface area contributed by atoms with E-state index in [9.17, 15) is 13.2 Å². The molecular formula is C16H21NO4S. The summed E-state index contributed by atoms with van der Waals surface area (Å²) in [5.74, 6) is -0.0700. The molecule has 6 heteroatoms. The van der Waals surface area contributed by atoms with Crippen molar-refractivity contribution in [1.29, 1.82) is 0 Å². The third-order valence-corrected chi connectivity index (χ3v) is 6.11. The molecule has 1 aromatic carbocycles. The Hall–Kier alpha value is -1.40. The molecule has 0 bridgehead atoms. The topological polar surface area (TPSA) is 63.7 Å². The first-order valence-corrected chi connectivity index (χ1v) is 9.45. The third-order valence-electron chi connectivity index (χ3n) is 4.43. The van der Waals surface area contributed by atoms with Crippen molar-refractivity contribution in [1.82, 2.24) is 4.90 Å². The summed E-state index contributed by atoms with van der Waals surface area (Å²) in [6, 6.07) is 9.57. The van der Waals surface area contributed by atoms with Gasteiger partial charge in [0.15, 0.2) is 9.84 Å². The molecule has 0 spiro atoms. The predicted octanol–water partition coefficient (Wildman–Crippen LogP) is 0.890. The summed E-state index contributed by atoms with van der Waals surface area (Å²) in [5.41, 5.74) is 1.12. The largest absolute Gasteiger partial charge is 0.373 e. The molecule has 22 heavy (non-hydrogen) atoms. The molecule has 0 radical (unpaired) electrons. The zero-order valence-corrected chi connectivity index (χ0v) is 13.5. The molecule has 3 rings (SSSR count). The number of amides is 1. The van der Waals surface area contributed by atoms with Gasteiger partial charge in [0.05, 0.1) is 30.3 Å². The van der Waals surface area contributed by atoms with E-state index in [1.807, 2.05) is 37.3 Å². The number of ether oxygens (including phenoxy) is 1. The first-order chi connectivity index (χ1) is 10.5. The highest BCUT2D eigenvalue weighted by atomic mass is 32.2. The number of benzene rings is 1. The minimum absolute atomic E-state index is 0.0271. The van der Waals surface area contributed by atoms with Crippen molar-refractivity contribution in [2.75, 3.05) is 24.7 Å². The minimum atomic E-state index is -3.10. The van der Waals surface area contributed by atoms with E-state index in [-0.39, 0.29) is 35.5 Å². The van der Waals surface area contributed by atoms with Crippen LogP contribution in [-0.4, -0.2) is 56.0 Å². The van der Waals surface area contributed by atoms with Crippen molar-refractivity contribution in [2.24, 2.45) is 5.92 Å². The Morgan fingerprint density at radius 1 is 1.32 bits per heavy atom. The van der Waals surface area contributed by atoms with Crippen LogP contribution in [0.4, 0.5) is 0 Å². The molecule has 120 valence electrons. The van der Waals surface area contributed by atoms with E-state index < -0.39 is 9.84 Å². The fourth-order valence-electron chi connectivity index (χ4n) is 3.33. The second kappa shape index (κ2) is 6.01. The second-order valence-corrected chi connectivity index (χ2v) is 8.33. The second-order valence-electron chi connectivity index (χ2n) is 6.18. The smallest absolute Gasteiger partial charge is 0.226 e. The third kappa shape index (κ3) is 3.17. The van der Waals surface area contributed by atoms with Gasteiger partial charge in [-0.05, 0) is 12.0 Å². The molecule has 3 unspecified atom stereocenters. The summed E-state index contributed by atoms with van der Waals surface area (Å²) < 4.78 is 29.2. The van der Waals surface area contributed by atoms with Crippen LogP contribution < -0.4 is 0 Å². The summed E-state index contributed by atoms with van der Waals surface area (Å²) in [5, 5.41) is 0. The molecule has 2 aliphatic rings. The molecule has 2 heterocycles. The van der Waals surface area contributed by atoms with Crippen LogP contribution in [-0.2, 0) is 25.8 Å². The molecular weight excluding hydrogens is 302 g/mol. The van der Waals surface area contributed by atoms with E-state index in [1.165, 1.54) is 0 Å². The summed E-state index contributed by atoms with van der Waals surface area (Å²) in [6.07, 6.45) is 0.313. The van der Waals surface area contributed by atoms with Crippen molar-refractivity contribution in [3.8, 4) is 0 Å². The van der Waals surface area contributed by atoms with Gasteiger partial charge in [-0.15, -0.1) is 0 Å². The van der Waals surface area contributed by atoms with Crippen molar-refractivity contribution >= 4 is 15.7 Å². The molecule has 0 aliphatic carbocycles. The lowest BCUT2D eigenvalue weighted by Crippen LogP contribution is -2.54. The van der Waals surface area contributed by atoms with Crippen molar-refractivity contribution < 1.29 is 17.9 Å². The lowest BCUT2D eigenvalue weighted by molar-refractivity contribution is -0.146. The van der Waals surface area contributed by atoms with E-state index >= 15 is 0 Å². The van der Waals surface area contributed by atoms with Crippen LogP contribution in [0.1, 0.15) is 12.5 Å². The van der Waals surface area contributed by atoms with Crippen LogP contribution in [0.15, 0.2) is 30.3 Å². The normalized spacial score (nSPS) is 28.1. The highest BCUT2D eigenvalue weighted by Crippen LogP contribution is 2.26. The minimum Gasteiger partial charge on any atom is -0.373 e. The van der Waals surface area contributed by atoms with Crippen LogP contribution in [0.5, 0.6) is 0 Å². The van der Waals surface area contributed by atoms with Gasteiger partial charge in [-0.25, -0.2) is 8.42 Å². The molecule has 0 aromatic heterocycles. The molecule has 1 amide bonds. The van der Waals surface area contributed by atoms with Gasteiger partial charge in [0.1, 0.15) is 0 Å². The van der Waals surface area contributed by atoms with Gasteiger partial charge in [-0.3, -0.25) is 4.79 Å². The fraction of sp³-hybridized carbons (Fsp3) is 0.562. The molecule has 3 atom stereocenters. The van der Waals surface area contributed by atoms with Gasteiger partial charge in [0.25, 0.3) is 0 Å². The number of hydrogen-bond donors (Lipinski definition) is 0. The van der Waals surface area contributed by atoms with Crippen LogP contribution in [0.3, 0.4) is 0 Å². The highest BCUT2D eigenvalue weighted by molar-refractivity contribution is 7.91. The van der Waals surface area contributed by atoms with Gasteiger partial charge < -0.3 is 9.64 Å². The van der Waals surface area contributed by atoms with Gasteiger partial charge in [0.2, 0.25) is 5.91 Å². The predicted molar refractivity (Wildman–Crippen MR) is 83.2 cm³/mol. The molecule has 2 aliphatic heterocycles. The maximum absolute atomic E-state index is 12.7. The Morgan fingerprint density at radius 2 is 2.05 bits per heavy atom. The first-order valence-electron chi connectivity index (χ1n) is 7.63. The number of carbonyl (C=O) groups excluding carboxylic acids is 1. The number of rotatable bonds is 3. The molecule has 5 nitrogen and oxygen atoms in total. The number of hydrogen-bond acceptors (Lipinski definition) is 4.